The molecule has 2 aromatic carbocycles. The van der Waals surface area contributed by atoms with Gasteiger partial charge in [-0.1, -0.05) is 60.7 Å². The molecule has 6 nitrogen and oxygen atoms in total. The minimum absolute atomic E-state index is 0.0894. The predicted octanol–water partition coefficient (Wildman–Crippen LogP) is 2.03. The third kappa shape index (κ3) is 4.87. The molecule has 7 heteroatoms. The topological polar surface area (TPSA) is 81.1 Å². The maximum absolute atomic E-state index is 12.2. The maximum Gasteiger partial charge on any atom is 0.253 e. The molecule has 0 saturated carbocycles. The SMILES string of the molecule is O=c1cc(-c2ccccc2)ncn1CCNS(=O)(=O)Cc1ccccc1. The fourth-order valence-corrected chi connectivity index (χ4v) is 3.66. The number of nitrogens with one attached hydrogen (secondary N) is 1. The van der Waals surface area contributed by atoms with Crippen molar-refractivity contribution in [2.24, 2.45) is 0 Å². The summed E-state index contributed by atoms with van der Waals surface area (Å²) in [6, 6.07) is 19.8. The van der Waals surface area contributed by atoms with Gasteiger partial charge in [0.1, 0.15) is 0 Å². The molecule has 0 aliphatic carbocycles. The van der Waals surface area contributed by atoms with Crippen LogP contribution in [0.5, 0.6) is 0 Å². The van der Waals surface area contributed by atoms with Crippen LogP contribution >= 0.6 is 0 Å². The molecule has 0 spiro atoms. The predicted molar refractivity (Wildman–Crippen MR) is 101 cm³/mol. The van der Waals surface area contributed by atoms with Crippen LogP contribution in [0.2, 0.25) is 0 Å². The molecule has 0 atom stereocenters. The highest BCUT2D eigenvalue weighted by Crippen LogP contribution is 2.13. The van der Waals surface area contributed by atoms with Crippen molar-refractivity contribution >= 4 is 10.0 Å². The third-order valence-electron chi connectivity index (χ3n) is 3.82. The van der Waals surface area contributed by atoms with Crippen molar-refractivity contribution in [2.75, 3.05) is 6.54 Å². The Morgan fingerprint density at radius 3 is 2.27 bits per heavy atom. The Labute approximate surface area is 152 Å². The number of hydrogen-bond acceptors (Lipinski definition) is 4. The zero-order valence-electron chi connectivity index (χ0n) is 14.1. The van der Waals surface area contributed by atoms with Crippen molar-refractivity contribution in [3.63, 3.8) is 0 Å². The lowest BCUT2D eigenvalue weighted by Gasteiger charge is -2.09. The summed E-state index contributed by atoms with van der Waals surface area (Å²) in [6.07, 6.45) is 1.44. The molecule has 0 fully saturated rings. The first-order chi connectivity index (χ1) is 12.5. The normalized spacial score (nSPS) is 11.4. The van der Waals surface area contributed by atoms with E-state index in [-0.39, 0.29) is 24.4 Å². The molecular weight excluding hydrogens is 350 g/mol. The van der Waals surface area contributed by atoms with Crippen LogP contribution in [-0.4, -0.2) is 24.5 Å². The molecule has 0 unspecified atom stereocenters. The lowest BCUT2D eigenvalue weighted by atomic mass is 10.1. The molecule has 0 saturated heterocycles. The van der Waals surface area contributed by atoms with E-state index in [2.05, 4.69) is 9.71 Å². The zero-order valence-corrected chi connectivity index (χ0v) is 14.9. The van der Waals surface area contributed by atoms with Crippen molar-refractivity contribution in [3.05, 3.63) is 89.0 Å². The van der Waals surface area contributed by atoms with Crippen molar-refractivity contribution in [3.8, 4) is 11.3 Å². The van der Waals surface area contributed by atoms with E-state index >= 15 is 0 Å². The van der Waals surface area contributed by atoms with E-state index in [0.717, 1.165) is 5.56 Å². The zero-order chi connectivity index (χ0) is 18.4. The smallest absolute Gasteiger partial charge is 0.253 e. The second-order valence-corrected chi connectivity index (χ2v) is 7.62. The van der Waals surface area contributed by atoms with E-state index < -0.39 is 10.0 Å². The molecular formula is C19H19N3O3S. The van der Waals surface area contributed by atoms with Gasteiger partial charge < -0.3 is 0 Å². The van der Waals surface area contributed by atoms with E-state index in [9.17, 15) is 13.2 Å². The van der Waals surface area contributed by atoms with Crippen LogP contribution in [0, 0.1) is 0 Å². The number of aromatic nitrogens is 2. The van der Waals surface area contributed by atoms with E-state index in [0.29, 0.717) is 11.3 Å². The lowest BCUT2D eigenvalue weighted by molar-refractivity contribution is 0.568. The Kier molecular flexibility index (Phi) is 5.60. The van der Waals surface area contributed by atoms with Crippen LogP contribution in [0.1, 0.15) is 5.56 Å². The molecule has 0 radical (unpaired) electrons. The molecule has 1 N–H and O–H groups in total. The lowest BCUT2D eigenvalue weighted by Crippen LogP contribution is -2.31. The second kappa shape index (κ2) is 8.07. The molecule has 26 heavy (non-hydrogen) atoms. The van der Waals surface area contributed by atoms with E-state index in [1.807, 2.05) is 36.4 Å². The van der Waals surface area contributed by atoms with Crippen molar-refractivity contribution in [1.82, 2.24) is 14.3 Å². The molecule has 134 valence electrons. The Hall–Kier alpha value is -2.77. The molecule has 3 rings (SSSR count). The van der Waals surface area contributed by atoms with E-state index in [4.69, 9.17) is 0 Å². The first kappa shape index (κ1) is 18.0. The van der Waals surface area contributed by atoms with Gasteiger partial charge in [0.05, 0.1) is 17.8 Å². The van der Waals surface area contributed by atoms with E-state index in [1.165, 1.54) is 17.0 Å². The summed E-state index contributed by atoms with van der Waals surface area (Å²) in [5.41, 5.74) is 1.95. The first-order valence-electron chi connectivity index (χ1n) is 8.17. The van der Waals surface area contributed by atoms with Gasteiger partial charge in [0.25, 0.3) is 5.56 Å². The summed E-state index contributed by atoms with van der Waals surface area (Å²) in [5.74, 6) is -0.0894. The number of sulfonamides is 1. The largest absolute Gasteiger partial charge is 0.298 e. The molecule has 1 heterocycles. The number of rotatable bonds is 7. The van der Waals surface area contributed by atoms with Crippen LogP contribution in [0.15, 0.2) is 77.9 Å². The van der Waals surface area contributed by atoms with Crippen LogP contribution in [0.4, 0.5) is 0 Å². The number of nitrogens with zero attached hydrogens (tertiary/aromatic N) is 2. The summed E-state index contributed by atoms with van der Waals surface area (Å²) >= 11 is 0. The Bertz CT molecular complexity index is 1020. The maximum atomic E-state index is 12.2. The molecule has 0 bridgehead atoms. The first-order valence-corrected chi connectivity index (χ1v) is 9.82. The Morgan fingerprint density at radius 2 is 1.62 bits per heavy atom. The monoisotopic (exact) mass is 369 g/mol. The molecule has 1 aromatic heterocycles. The number of hydrogen-bond donors (Lipinski definition) is 1. The third-order valence-corrected chi connectivity index (χ3v) is 5.18. The average molecular weight is 369 g/mol. The van der Waals surface area contributed by atoms with Gasteiger partial charge in [0, 0.05) is 24.7 Å². The molecule has 0 amide bonds. The number of benzene rings is 2. The van der Waals surface area contributed by atoms with Gasteiger partial charge in [0.2, 0.25) is 10.0 Å². The van der Waals surface area contributed by atoms with Gasteiger partial charge in [-0.2, -0.15) is 0 Å². The summed E-state index contributed by atoms with van der Waals surface area (Å²) < 4.78 is 28.1. The van der Waals surface area contributed by atoms with Gasteiger partial charge in [-0.15, -0.1) is 0 Å². The molecule has 3 aromatic rings. The molecule has 0 aliphatic rings. The minimum Gasteiger partial charge on any atom is -0.298 e. The minimum atomic E-state index is -3.45. The average Bonchev–Trinajstić information content (AvgIpc) is 2.64. The van der Waals surface area contributed by atoms with Crippen molar-refractivity contribution < 1.29 is 8.42 Å². The Morgan fingerprint density at radius 1 is 0.962 bits per heavy atom. The fraction of sp³-hybridized carbons (Fsp3) is 0.158. The highest BCUT2D eigenvalue weighted by atomic mass is 32.2. The van der Waals surface area contributed by atoms with Gasteiger partial charge in [-0.05, 0) is 5.56 Å². The quantitative estimate of drug-likeness (QED) is 0.691. The van der Waals surface area contributed by atoms with Crippen LogP contribution in [0.3, 0.4) is 0 Å². The van der Waals surface area contributed by atoms with Crippen LogP contribution in [0.25, 0.3) is 11.3 Å². The van der Waals surface area contributed by atoms with Gasteiger partial charge >= 0.3 is 0 Å². The van der Waals surface area contributed by atoms with Crippen LogP contribution < -0.4 is 10.3 Å². The van der Waals surface area contributed by atoms with Gasteiger partial charge in [0.15, 0.2) is 0 Å². The van der Waals surface area contributed by atoms with Crippen molar-refractivity contribution in [2.45, 2.75) is 12.3 Å². The van der Waals surface area contributed by atoms with Crippen LogP contribution in [-0.2, 0) is 22.3 Å². The van der Waals surface area contributed by atoms with E-state index in [1.54, 1.807) is 24.3 Å². The Balaban J connectivity index is 1.61. The van der Waals surface area contributed by atoms with Gasteiger partial charge in [-0.3, -0.25) is 9.36 Å². The second-order valence-electron chi connectivity index (χ2n) is 5.81. The summed E-state index contributed by atoms with van der Waals surface area (Å²) in [4.78, 5) is 16.5. The highest BCUT2D eigenvalue weighted by Gasteiger charge is 2.11. The fourth-order valence-electron chi connectivity index (χ4n) is 2.53. The molecule has 0 aliphatic heterocycles. The van der Waals surface area contributed by atoms with Gasteiger partial charge in [-0.25, -0.2) is 18.1 Å². The van der Waals surface area contributed by atoms with Crippen molar-refractivity contribution in [1.29, 1.82) is 0 Å². The standard InChI is InChI=1S/C19H19N3O3S/c23-19-13-18(17-9-5-2-6-10-17)20-15-22(19)12-11-21-26(24,25)14-16-7-3-1-4-8-16/h1-10,13,15,21H,11-12,14H2. The summed E-state index contributed by atoms with van der Waals surface area (Å²) in [5, 5.41) is 0. The highest BCUT2D eigenvalue weighted by molar-refractivity contribution is 7.88. The summed E-state index contributed by atoms with van der Waals surface area (Å²) in [7, 11) is -3.45. The summed E-state index contributed by atoms with van der Waals surface area (Å²) in [6.45, 7) is 0.344.